The smallest absolute Gasteiger partial charge is 0.410 e. The summed E-state index contributed by atoms with van der Waals surface area (Å²) in [5.41, 5.74) is 3.92. The van der Waals surface area contributed by atoms with Gasteiger partial charge in [-0.1, -0.05) is 6.07 Å². The van der Waals surface area contributed by atoms with Gasteiger partial charge in [0.25, 0.3) is 0 Å². The highest BCUT2D eigenvalue weighted by atomic mass is 16.6. The van der Waals surface area contributed by atoms with Gasteiger partial charge >= 0.3 is 6.09 Å². The molecule has 7 nitrogen and oxygen atoms in total. The van der Waals surface area contributed by atoms with Crippen LogP contribution in [0.5, 0.6) is 5.88 Å². The number of pyridine rings is 2. The van der Waals surface area contributed by atoms with Gasteiger partial charge in [0.05, 0.1) is 24.5 Å². The normalized spacial score (nSPS) is 17.1. The number of anilines is 1. The van der Waals surface area contributed by atoms with Crippen molar-refractivity contribution in [2.24, 2.45) is 5.41 Å². The van der Waals surface area contributed by atoms with Crippen LogP contribution in [0.15, 0.2) is 48.8 Å². The molecule has 4 heterocycles. The van der Waals surface area contributed by atoms with Crippen LogP contribution in [-0.4, -0.2) is 59.9 Å². The number of aromatic nitrogens is 2. The number of rotatable bonds is 3. The van der Waals surface area contributed by atoms with E-state index < -0.39 is 5.60 Å². The fourth-order valence-electron chi connectivity index (χ4n) is 4.52. The molecule has 3 aromatic rings. The molecule has 166 valence electrons. The van der Waals surface area contributed by atoms with E-state index in [1.54, 1.807) is 12.0 Å². The average Bonchev–Trinajstić information content (AvgIpc) is 2.70. The first-order chi connectivity index (χ1) is 15.2. The van der Waals surface area contributed by atoms with Crippen LogP contribution in [-0.2, 0) is 4.74 Å². The van der Waals surface area contributed by atoms with E-state index in [1.165, 1.54) is 0 Å². The zero-order valence-corrected chi connectivity index (χ0v) is 19.0. The third-order valence-electron chi connectivity index (χ3n) is 6.05. The van der Waals surface area contributed by atoms with Crippen LogP contribution < -0.4 is 9.64 Å². The SMILES string of the molecule is COc1ccc2cc(-c3cncc(N4CC5(CN(C(=O)OC(C)(C)C)C5)C4)c3)ccc2n1. The number of likely N-dealkylation sites (tertiary alicyclic amines) is 1. The lowest BCUT2D eigenvalue weighted by atomic mass is 9.73. The van der Waals surface area contributed by atoms with Gasteiger partial charge in [-0.25, -0.2) is 9.78 Å². The quantitative estimate of drug-likeness (QED) is 0.613. The van der Waals surface area contributed by atoms with Gasteiger partial charge in [0.15, 0.2) is 0 Å². The molecular weight excluding hydrogens is 404 g/mol. The molecule has 2 saturated heterocycles. The van der Waals surface area contributed by atoms with Crippen LogP contribution >= 0.6 is 0 Å². The van der Waals surface area contributed by atoms with Crippen LogP contribution in [0, 0.1) is 5.41 Å². The Morgan fingerprint density at radius 1 is 1.00 bits per heavy atom. The van der Waals surface area contributed by atoms with Crippen molar-refractivity contribution in [3.05, 3.63) is 48.8 Å². The lowest BCUT2D eigenvalue weighted by Gasteiger charge is -2.60. The molecule has 0 atom stereocenters. The zero-order chi connectivity index (χ0) is 22.5. The molecule has 0 bridgehead atoms. The summed E-state index contributed by atoms with van der Waals surface area (Å²) in [5.74, 6) is 0.613. The van der Waals surface area contributed by atoms with E-state index in [9.17, 15) is 4.79 Å². The minimum Gasteiger partial charge on any atom is -0.481 e. The summed E-state index contributed by atoms with van der Waals surface area (Å²) in [4.78, 5) is 25.3. The molecule has 5 rings (SSSR count). The topological polar surface area (TPSA) is 67.8 Å². The fraction of sp³-hybridized carbons (Fsp3) is 0.400. The van der Waals surface area contributed by atoms with Crippen molar-refractivity contribution in [1.82, 2.24) is 14.9 Å². The molecule has 0 radical (unpaired) electrons. The highest BCUT2D eigenvalue weighted by molar-refractivity contribution is 5.85. The van der Waals surface area contributed by atoms with Crippen molar-refractivity contribution < 1.29 is 14.3 Å². The van der Waals surface area contributed by atoms with Crippen LogP contribution in [0.25, 0.3) is 22.0 Å². The minimum absolute atomic E-state index is 0.181. The number of nitrogens with zero attached hydrogens (tertiary/aromatic N) is 4. The first-order valence-corrected chi connectivity index (χ1v) is 10.9. The molecule has 2 aromatic heterocycles. The fourth-order valence-corrected chi connectivity index (χ4v) is 4.52. The third-order valence-corrected chi connectivity index (χ3v) is 6.05. The maximum absolute atomic E-state index is 12.2. The van der Waals surface area contributed by atoms with Gasteiger partial charge < -0.3 is 19.3 Å². The largest absolute Gasteiger partial charge is 0.481 e. The Balaban J connectivity index is 1.25. The Kier molecular flexibility index (Phi) is 4.73. The van der Waals surface area contributed by atoms with Crippen LogP contribution in [0.4, 0.5) is 10.5 Å². The number of hydrogen-bond donors (Lipinski definition) is 0. The van der Waals surface area contributed by atoms with E-state index in [0.717, 1.165) is 53.9 Å². The predicted octanol–water partition coefficient (Wildman–Crippen LogP) is 4.36. The average molecular weight is 433 g/mol. The molecule has 0 unspecified atom stereocenters. The Hall–Kier alpha value is -3.35. The lowest BCUT2D eigenvalue weighted by Crippen LogP contribution is -2.73. The van der Waals surface area contributed by atoms with Gasteiger partial charge in [-0.15, -0.1) is 0 Å². The Morgan fingerprint density at radius 2 is 1.78 bits per heavy atom. The van der Waals surface area contributed by atoms with Crippen molar-refractivity contribution in [2.45, 2.75) is 26.4 Å². The summed E-state index contributed by atoms with van der Waals surface area (Å²) in [6, 6.07) is 12.3. The second-order valence-electron chi connectivity index (χ2n) is 9.89. The number of benzene rings is 1. The van der Waals surface area contributed by atoms with Gasteiger partial charge in [0, 0.05) is 54.8 Å². The van der Waals surface area contributed by atoms with Gasteiger partial charge in [0.1, 0.15) is 5.60 Å². The number of ether oxygens (including phenoxy) is 2. The van der Waals surface area contributed by atoms with Gasteiger partial charge in [-0.3, -0.25) is 4.98 Å². The monoisotopic (exact) mass is 432 g/mol. The number of hydrogen-bond acceptors (Lipinski definition) is 6. The molecule has 0 saturated carbocycles. The van der Waals surface area contributed by atoms with Crippen LogP contribution in [0.1, 0.15) is 20.8 Å². The van der Waals surface area contributed by atoms with E-state index in [4.69, 9.17) is 9.47 Å². The number of carbonyl (C=O) groups excluding carboxylic acids is 1. The number of carbonyl (C=O) groups is 1. The van der Waals surface area contributed by atoms with E-state index >= 15 is 0 Å². The van der Waals surface area contributed by atoms with E-state index in [0.29, 0.717) is 5.88 Å². The zero-order valence-electron chi connectivity index (χ0n) is 19.0. The molecule has 2 aliphatic heterocycles. The lowest BCUT2D eigenvalue weighted by molar-refractivity contribution is -0.0453. The molecule has 2 aliphatic rings. The highest BCUT2D eigenvalue weighted by Crippen LogP contribution is 2.42. The summed E-state index contributed by atoms with van der Waals surface area (Å²) >= 11 is 0. The van der Waals surface area contributed by atoms with Crippen molar-refractivity contribution in [1.29, 1.82) is 0 Å². The van der Waals surface area contributed by atoms with Crippen LogP contribution in [0.2, 0.25) is 0 Å². The van der Waals surface area contributed by atoms with E-state index in [1.807, 2.05) is 51.4 Å². The summed E-state index contributed by atoms with van der Waals surface area (Å²) in [7, 11) is 1.62. The first kappa shape index (κ1) is 20.5. The van der Waals surface area contributed by atoms with E-state index in [2.05, 4.69) is 33.1 Å². The summed E-state index contributed by atoms with van der Waals surface area (Å²) in [5, 5.41) is 1.06. The molecule has 1 spiro atoms. The predicted molar refractivity (Wildman–Crippen MR) is 124 cm³/mol. The molecule has 1 aromatic carbocycles. The second-order valence-corrected chi connectivity index (χ2v) is 9.89. The van der Waals surface area contributed by atoms with Crippen molar-refractivity contribution in [2.75, 3.05) is 38.2 Å². The minimum atomic E-state index is -0.456. The van der Waals surface area contributed by atoms with Crippen molar-refractivity contribution in [3.63, 3.8) is 0 Å². The first-order valence-electron chi connectivity index (χ1n) is 10.9. The maximum Gasteiger partial charge on any atom is 0.410 e. The Labute approximate surface area is 188 Å². The summed E-state index contributed by atoms with van der Waals surface area (Å²) in [6.45, 7) is 9.06. The van der Waals surface area contributed by atoms with Gasteiger partial charge in [-0.05, 0) is 50.6 Å². The third kappa shape index (κ3) is 3.83. The standard InChI is InChI=1S/C25H28N4O3/c1-24(2,3)32-23(30)29-15-25(16-29)13-28(14-25)20-10-19(11-26-12-20)17-5-7-21-18(9-17)6-8-22(27-21)31-4/h5-12H,13-16H2,1-4H3. The molecule has 2 fully saturated rings. The molecule has 0 aliphatic carbocycles. The molecule has 7 heteroatoms. The van der Waals surface area contributed by atoms with Crippen molar-refractivity contribution >= 4 is 22.7 Å². The molecule has 32 heavy (non-hydrogen) atoms. The Bertz CT molecular complexity index is 1170. The van der Waals surface area contributed by atoms with Gasteiger partial charge in [0.2, 0.25) is 5.88 Å². The van der Waals surface area contributed by atoms with Crippen molar-refractivity contribution in [3.8, 4) is 17.0 Å². The summed E-state index contributed by atoms with van der Waals surface area (Å²) in [6.07, 6.45) is 3.59. The highest BCUT2D eigenvalue weighted by Gasteiger charge is 2.54. The second kappa shape index (κ2) is 7.36. The van der Waals surface area contributed by atoms with Crippen LogP contribution in [0.3, 0.4) is 0 Å². The van der Waals surface area contributed by atoms with Gasteiger partial charge in [-0.2, -0.15) is 0 Å². The Morgan fingerprint density at radius 3 is 2.50 bits per heavy atom. The molecule has 1 amide bonds. The summed E-state index contributed by atoms with van der Waals surface area (Å²) < 4.78 is 10.7. The van der Waals surface area contributed by atoms with E-state index in [-0.39, 0.29) is 11.5 Å². The molecular formula is C25H28N4O3. The maximum atomic E-state index is 12.2. The number of amides is 1. The molecule has 0 N–H and O–H groups in total. The number of fused-ring (bicyclic) bond motifs is 1. The number of methoxy groups -OCH3 is 1.